The van der Waals surface area contributed by atoms with Gasteiger partial charge in [0, 0.05) is 27.8 Å². The maximum Gasteiger partial charge on any atom is 0.136 e. The van der Waals surface area contributed by atoms with Crippen LogP contribution < -0.4 is 4.90 Å². The van der Waals surface area contributed by atoms with Crippen LogP contribution in [0.3, 0.4) is 0 Å². The smallest absolute Gasteiger partial charge is 0.136 e. The molecule has 2 nitrogen and oxygen atoms in total. The molecule has 11 rings (SSSR count). The predicted octanol–water partition coefficient (Wildman–Crippen LogP) is 16.0. The lowest BCUT2D eigenvalue weighted by molar-refractivity contribution is 0.669. The van der Waals surface area contributed by atoms with Gasteiger partial charge >= 0.3 is 0 Å². The van der Waals surface area contributed by atoms with Crippen molar-refractivity contribution in [3.8, 4) is 44.5 Å². The van der Waals surface area contributed by atoms with Crippen molar-refractivity contribution in [3.63, 3.8) is 0 Å². The lowest BCUT2D eigenvalue weighted by Crippen LogP contribution is -2.10. The Hall–Kier alpha value is -7.68. The topological polar surface area (TPSA) is 16.4 Å². The maximum absolute atomic E-state index is 6.55. The van der Waals surface area contributed by atoms with Gasteiger partial charge in [0.1, 0.15) is 11.2 Å². The van der Waals surface area contributed by atoms with Crippen LogP contribution in [-0.4, -0.2) is 0 Å². The Morgan fingerprint density at radius 3 is 1.57 bits per heavy atom. The van der Waals surface area contributed by atoms with E-state index in [1.165, 1.54) is 54.9 Å². The number of benzene rings is 10. The fraction of sp³-hybridized carbons (Fsp3) is 0. The zero-order chi connectivity index (χ0) is 38.4. The quantitative estimate of drug-likeness (QED) is 0.162. The summed E-state index contributed by atoms with van der Waals surface area (Å²) in [4.78, 5) is 2.35. The molecule has 11 aromatic rings. The van der Waals surface area contributed by atoms with Gasteiger partial charge in [0.05, 0.1) is 0 Å². The van der Waals surface area contributed by atoms with Crippen molar-refractivity contribution in [2.24, 2.45) is 0 Å². The third kappa shape index (κ3) is 6.00. The van der Waals surface area contributed by atoms with E-state index in [2.05, 4.69) is 223 Å². The van der Waals surface area contributed by atoms with E-state index in [1.54, 1.807) is 0 Å². The first kappa shape index (κ1) is 33.6. The number of hydrogen-bond donors (Lipinski definition) is 0. The zero-order valence-electron chi connectivity index (χ0n) is 31.7. The van der Waals surface area contributed by atoms with Crippen LogP contribution in [0.4, 0.5) is 17.1 Å². The van der Waals surface area contributed by atoms with E-state index in [9.17, 15) is 0 Å². The average Bonchev–Trinajstić information content (AvgIpc) is 3.69. The Bertz CT molecular complexity index is 3250. The molecular formula is C56H37NO. The molecule has 0 aliphatic heterocycles. The zero-order valence-corrected chi connectivity index (χ0v) is 31.7. The molecule has 1 aromatic heterocycles. The van der Waals surface area contributed by atoms with Gasteiger partial charge in [-0.1, -0.05) is 164 Å². The molecule has 0 saturated carbocycles. The van der Waals surface area contributed by atoms with Gasteiger partial charge in [0.2, 0.25) is 0 Å². The molecule has 0 saturated heterocycles. The van der Waals surface area contributed by atoms with Crippen molar-refractivity contribution in [1.29, 1.82) is 0 Å². The van der Waals surface area contributed by atoms with Gasteiger partial charge in [0.15, 0.2) is 0 Å². The van der Waals surface area contributed by atoms with Crippen LogP contribution >= 0.6 is 0 Å². The van der Waals surface area contributed by atoms with Gasteiger partial charge in [-0.2, -0.15) is 0 Å². The summed E-state index contributed by atoms with van der Waals surface area (Å²) in [5, 5.41) is 7.13. The second-order valence-electron chi connectivity index (χ2n) is 14.9. The molecule has 10 aromatic carbocycles. The molecule has 2 heteroatoms. The normalized spacial score (nSPS) is 11.4. The second-order valence-corrected chi connectivity index (χ2v) is 14.9. The number of fused-ring (bicyclic) bond motifs is 6. The molecule has 0 atom stereocenters. The summed E-state index contributed by atoms with van der Waals surface area (Å²) < 4.78 is 6.55. The number of para-hydroxylation sites is 1. The van der Waals surface area contributed by atoms with Gasteiger partial charge in [0.25, 0.3) is 0 Å². The highest BCUT2D eigenvalue weighted by Gasteiger charge is 2.18. The highest BCUT2D eigenvalue weighted by atomic mass is 16.3. The molecule has 58 heavy (non-hydrogen) atoms. The molecule has 0 bridgehead atoms. The van der Waals surface area contributed by atoms with E-state index in [-0.39, 0.29) is 0 Å². The van der Waals surface area contributed by atoms with Crippen molar-refractivity contribution in [1.82, 2.24) is 0 Å². The fourth-order valence-corrected chi connectivity index (χ4v) is 8.55. The van der Waals surface area contributed by atoms with Crippen LogP contribution in [0.1, 0.15) is 0 Å². The summed E-state index contributed by atoms with van der Waals surface area (Å²) in [7, 11) is 0. The van der Waals surface area contributed by atoms with Crippen molar-refractivity contribution in [2.45, 2.75) is 0 Å². The monoisotopic (exact) mass is 739 g/mol. The van der Waals surface area contributed by atoms with E-state index in [4.69, 9.17) is 4.42 Å². The van der Waals surface area contributed by atoms with Crippen LogP contribution in [0.15, 0.2) is 229 Å². The van der Waals surface area contributed by atoms with Gasteiger partial charge in [-0.15, -0.1) is 0 Å². The molecule has 0 aliphatic rings. The Morgan fingerprint density at radius 1 is 0.276 bits per heavy atom. The summed E-state index contributed by atoms with van der Waals surface area (Å²) in [6, 6.07) is 80.6. The largest absolute Gasteiger partial charge is 0.456 e. The average molecular weight is 740 g/mol. The predicted molar refractivity (Wildman–Crippen MR) is 245 cm³/mol. The molecular weight excluding hydrogens is 703 g/mol. The minimum absolute atomic E-state index is 0.899. The summed E-state index contributed by atoms with van der Waals surface area (Å²) in [5.74, 6) is 0. The van der Waals surface area contributed by atoms with E-state index < -0.39 is 0 Å². The highest BCUT2D eigenvalue weighted by molar-refractivity contribution is 6.22. The van der Waals surface area contributed by atoms with Crippen LogP contribution in [0.25, 0.3) is 88.0 Å². The number of hydrogen-bond acceptors (Lipinski definition) is 2. The van der Waals surface area contributed by atoms with E-state index in [0.29, 0.717) is 0 Å². The van der Waals surface area contributed by atoms with Gasteiger partial charge in [-0.25, -0.2) is 0 Å². The first-order valence-corrected chi connectivity index (χ1v) is 19.8. The molecule has 0 fully saturated rings. The van der Waals surface area contributed by atoms with Crippen molar-refractivity contribution in [3.05, 3.63) is 224 Å². The number of furan rings is 1. The Morgan fingerprint density at radius 2 is 0.828 bits per heavy atom. The first-order chi connectivity index (χ1) is 28.7. The van der Waals surface area contributed by atoms with E-state index >= 15 is 0 Å². The summed E-state index contributed by atoms with van der Waals surface area (Å²) in [5.41, 5.74) is 14.5. The van der Waals surface area contributed by atoms with Crippen LogP contribution in [0.5, 0.6) is 0 Å². The van der Waals surface area contributed by atoms with Crippen LogP contribution in [0.2, 0.25) is 0 Å². The lowest BCUT2D eigenvalue weighted by Gasteiger charge is -2.26. The lowest BCUT2D eigenvalue weighted by atomic mass is 9.91. The van der Waals surface area contributed by atoms with E-state index in [0.717, 1.165) is 50.1 Å². The summed E-state index contributed by atoms with van der Waals surface area (Å²) in [6.07, 6.45) is 0. The molecule has 272 valence electrons. The van der Waals surface area contributed by atoms with Crippen molar-refractivity contribution >= 4 is 60.5 Å². The summed E-state index contributed by atoms with van der Waals surface area (Å²) >= 11 is 0. The molecule has 1 heterocycles. The molecule has 0 unspecified atom stereocenters. The minimum Gasteiger partial charge on any atom is -0.456 e. The number of anilines is 3. The maximum atomic E-state index is 6.55. The SMILES string of the molecule is c1ccc(-c2ccc(N(c3ccc(-c4ccc5c(-c6ccc7ccccc7c6)cc6oc7ccccc7c6c5c4)cc3)c3cccc(-c4ccccc4)c3)cc2)cc1. The van der Waals surface area contributed by atoms with E-state index in [1.807, 2.05) is 6.07 Å². The molecule has 0 spiro atoms. The highest BCUT2D eigenvalue weighted by Crippen LogP contribution is 2.43. The molecule has 0 N–H and O–H groups in total. The number of rotatable bonds is 7. The number of nitrogens with zero attached hydrogens (tertiary/aromatic N) is 1. The summed E-state index contributed by atoms with van der Waals surface area (Å²) in [6.45, 7) is 0. The first-order valence-electron chi connectivity index (χ1n) is 19.8. The van der Waals surface area contributed by atoms with Crippen molar-refractivity contribution in [2.75, 3.05) is 4.90 Å². The van der Waals surface area contributed by atoms with Gasteiger partial charge in [-0.3, -0.25) is 0 Å². The van der Waals surface area contributed by atoms with Gasteiger partial charge < -0.3 is 9.32 Å². The third-order valence-electron chi connectivity index (χ3n) is 11.4. The fourth-order valence-electron chi connectivity index (χ4n) is 8.55. The molecule has 0 amide bonds. The molecule has 0 aliphatic carbocycles. The van der Waals surface area contributed by atoms with Gasteiger partial charge in [-0.05, 0) is 127 Å². The van der Waals surface area contributed by atoms with Crippen molar-refractivity contribution < 1.29 is 4.42 Å². The third-order valence-corrected chi connectivity index (χ3v) is 11.4. The Balaban J connectivity index is 1.03. The Kier molecular flexibility index (Phi) is 8.19. The standard InChI is InChI=1S/C56H37NO/c1-3-12-38(13-4-1)41-24-29-47(30-25-41)57(49-19-11-18-44(35-49)39-14-5-2-6-15-39)48-31-26-42(27-32-48)45-28-33-50-52(46-23-22-40-16-7-8-17-43(40)34-46)37-55-56(53(50)36-45)51-20-9-10-21-54(51)58-55/h1-37H. The van der Waals surface area contributed by atoms with Crippen LogP contribution in [0, 0.1) is 0 Å². The Labute approximate surface area is 337 Å². The van der Waals surface area contributed by atoms with Crippen LogP contribution in [-0.2, 0) is 0 Å². The minimum atomic E-state index is 0.899. The second kappa shape index (κ2) is 14.1. The molecule has 0 radical (unpaired) electrons.